The fourth-order valence-electron chi connectivity index (χ4n) is 3.80. The van der Waals surface area contributed by atoms with Crippen molar-refractivity contribution < 1.29 is 0 Å². The van der Waals surface area contributed by atoms with Crippen LogP contribution >= 0.6 is 0 Å². The molecule has 0 bridgehead atoms. The molecule has 3 aromatic heterocycles. The number of nitrogens with zero attached hydrogens (tertiary/aromatic N) is 4. The molecule has 5 rings (SSSR count). The van der Waals surface area contributed by atoms with Crippen molar-refractivity contribution >= 4 is 11.2 Å². The van der Waals surface area contributed by atoms with Gasteiger partial charge in [-0.15, -0.1) is 0 Å². The average molecular weight is 410 g/mol. The molecule has 0 aliphatic rings. The Morgan fingerprint density at radius 1 is 1.03 bits per heavy atom. The maximum absolute atomic E-state index is 12.6. The number of imidazole rings is 2. The van der Waals surface area contributed by atoms with Crippen molar-refractivity contribution in [1.29, 1.82) is 0 Å². The van der Waals surface area contributed by atoms with Gasteiger partial charge in [-0.05, 0) is 17.0 Å². The minimum absolute atomic E-state index is 0.200. The van der Waals surface area contributed by atoms with Gasteiger partial charge in [0.25, 0.3) is 0 Å². The van der Waals surface area contributed by atoms with Crippen LogP contribution in [0.5, 0.6) is 0 Å². The van der Waals surface area contributed by atoms with Crippen LogP contribution in [-0.4, -0.2) is 29.5 Å². The van der Waals surface area contributed by atoms with E-state index in [1.54, 1.807) is 23.2 Å². The lowest BCUT2D eigenvalue weighted by atomic mass is 9.97. The molecule has 7 nitrogen and oxygen atoms in total. The van der Waals surface area contributed by atoms with Crippen molar-refractivity contribution in [1.82, 2.24) is 29.5 Å². The molecule has 31 heavy (non-hydrogen) atoms. The third-order valence-corrected chi connectivity index (χ3v) is 5.40. The predicted octanol–water partition coefficient (Wildman–Crippen LogP) is 4.35. The summed E-state index contributed by atoms with van der Waals surface area (Å²) in [5.41, 5.74) is 5.19. The first-order valence-electron chi connectivity index (χ1n) is 10.2. The number of nitrogens with one attached hydrogen (secondary N) is 2. The third kappa shape index (κ3) is 3.54. The smallest absolute Gasteiger partial charge is 0.328 e. The van der Waals surface area contributed by atoms with Gasteiger partial charge in [0.2, 0.25) is 0 Å². The van der Waals surface area contributed by atoms with Crippen LogP contribution in [0.3, 0.4) is 0 Å². The van der Waals surface area contributed by atoms with Gasteiger partial charge in [0.15, 0.2) is 11.5 Å². The zero-order valence-electron chi connectivity index (χ0n) is 17.3. The summed E-state index contributed by atoms with van der Waals surface area (Å²) in [6, 6.07) is 16.1. The molecule has 0 spiro atoms. The number of rotatable bonds is 5. The van der Waals surface area contributed by atoms with Gasteiger partial charge in [0.05, 0.1) is 12.7 Å². The van der Waals surface area contributed by atoms with Crippen molar-refractivity contribution in [2.45, 2.75) is 26.3 Å². The van der Waals surface area contributed by atoms with Crippen molar-refractivity contribution in [2.24, 2.45) is 0 Å². The van der Waals surface area contributed by atoms with Gasteiger partial charge in [-0.2, -0.15) is 0 Å². The van der Waals surface area contributed by atoms with Crippen molar-refractivity contribution in [3.63, 3.8) is 0 Å². The molecule has 0 saturated carbocycles. The second kappa shape index (κ2) is 7.68. The van der Waals surface area contributed by atoms with Crippen molar-refractivity contribution in [3.8, 4) is 22.8 Å². The number of benzene rings is 2. The Hall–Kier alpha value is -4.00. The maximum atomic E-state index is 12.6. The van der Waals surface area contributed by atoms with Crippen LogP contribution in [-0.2, 0) is 6.54 Å². The second-order valence-electron chi connectivity index (χ2n) is 7.82. The van der Waals surface area contributed by atoms with E-state index in [0.717, 1.165) is 22.5 Å². The number of hydrogen-bond acceptors (Lipinski definition) is 4. The van der Waals surface area contributed by atoms with E-state index in [1.165, 1.54) is 5.56 Å². The Morgan fingerprint density at radius 2 is 1.84 bits per heavy atom. The largest absolute Gasteiger partial charge is 0.345 e. The summed E-state index contributed by atoms with van der Waals surface area (Å²) in [5, 5.41) is 0. The van der Waals surface area contributed by atoms with E-state index >= 15 is 0 Å². The summed E-state index contributed by atoms with van der Waals surface area (Å²) < 4.78 is 1.65. The molecule has 0 aliphatic carbocycles. The van der Waals surface area contributed by atoms with Crippen LogP contribution in [0.4, 0.5) is 0 Å². The Balaban J connectivity index is 1.53. The Morgan fingerprint density at radius 3 is 2.58 bits per heavy atom. The minimum atomic E-state index is -0.200. The molecule has 0 radical (unpaired) electrons. The Kier molecular flexibility index (Phi) is 4.71. The molecule has 154 valence electrons. The molecule has 5 aromatic rings. The van der Waals surface area contributed by atoms with E-state index in [0.29, 0.717) is 29.5 Å². The second-order valence-corrected chi connectivity index (χ2v) is 7.82. The molecule has 0 atom stereocenters. The van der Waals surface area contributed by atoms with Crippen LogP contribution in [0.1, 0.15) is 30.9 Å². The lowest BCUT2D eigenvalue weighted by Gasteiger charge is -2.11. The quantitative estimate of drug-likeness (QED) is 0.451. The normalized spacial score (nSPS) is 11.5. The molecular formula is C24H22N6O. The lowest BCUT2D eigenvalue weighted by molar-refractivity contribution is 0.777. The Bertz CT molecular complexity index is 1390. The molecular weight excluding hydrogens is 388 g/mol. The fourth-order valence-corrected chi connectivity index (χ4v) is 3.80. The summed E-state index contributed by atoms with van der Waals surface area (Å²) in [6.45, 7) is 4.71. The third-order valence-electron chi connectivity index (χ3n) is 5.40. The van der Waals surface area contributed by atoms with Gasteiger partial charge >= 0.3 is 5.69 Å². The van der Waals surface area contributed by atoms with Crippen molar-refractivity contribution in [2.75, 3.05) is 0 Å². The SMILES string of the molecule is CC(C)c1ccccc1-c1ncc2[nH]c(=O)n(Cc3ccc(-c4ncc[nH]4)cc3)c2n1. The highest BCUT2D eigenvalue weighted by molar-refractivity contribution is 5.73. The van der Waals surface area contributed by atoms with E-state index in [-0.39, 0.29) is 5.69 Å². The zero-order chi connectivity index (χ0) is 21.4. The molecule has 7 heteroatoms. The summed E-state index contributed by atoms with van der Waals surface area (Å²) in [7, 11) is 0. The molecule has 0 aliphatic heterocycles. The first-order valence-corrected chi connectivity index (χ1v) is 10.2. The highest BCUT2D eigenvalue weighted by atomic mass is 16.1. The minimum Gasteiger partial charge on any atom is -0.345 e. The van der Waals surface area contributed by atoms with E-state index < -0.39 is 0 Å². The molecule has 0 amide bonds. The maximum Gasteiger partial charge on any atom is 0.328 e. The summed E-state index contributed by atoms with van der Waals surface area (Å²) in [4.78, 5) is 32.2. The number of aromatic amines is 2. The summed E-state index contributed by atoms with van der Waals surface area (Å²) in [6.07, 6.45) is 5.21. The fraction of sp³-hybridized carbons (Fsp3) is 0.167. The molecule has 3 heterocycles. The molecule has 2 N–H and O–H groups in total. The van der Waals surface area contributed by atoms with Gasteiger partial charge in [-0.25, -0.2) is 19.7 Å². The van der Waals surface area contributed by atoms with E-state index in [9.17, 15) is 4.79 Å². The first kappa shape index (κ1) is 19.0. The topological polar surface area (TPSA) is 92.2 Å². The monoisotopic (exact) mass is 410 g/mol. The van der Waals surface area contributed by atoms with Crippen LogP contribution in [0, 0.1) is 0 Å². The van der Waals surface area contributed by atoms with Crippen LogP contribution in [0.25, 0.3) is 33.9 Å². The van der Waals surface area contributed by atoms with Gasteiger partial charge in [-0.1, -0.05) is 62.4 Å². The average Bonchev–Trinajstić information content (AvgIpc) is 3.43. The number of fused-ring (bicyclic) bond motifs is 1. The molecule has 2 aromatic carbocycles. The van der Waals surface area contributed by atoms with Gasteiger partial charge in [-0.3, -0.25) is 4.57 Å². The highest BCUT2D eigenvalue weighted by Gasteiger charge is 2.15. The molecule has 0 saturated heterocycles. The van der Waals surface area contributed by atoms with Gasteiger partial charge in [0.1, 0.15) is 11.3 Å². The van der Waals surface area contributed by atoms with Crippen LogP contribution < -0.4 is 5.69 Å². The highest BCUT2D eigenvalue weighted by Crippen LogP contribution is 2.27. The number of aromatic nitrogens is 6. The van der Waals surface area contributed by atoms with Gasteiger partial charge < -0.3 is 9.97 Å². The predicted molar refractivity (Wildman–Crippen MR) is 121 cm³/mol. The Labute approximate surface area is 178 Å². The van der Waals surface area contributed by atoms with Crippen LogP contribution in [0.2, 0.25) is 0 Å². The standard InChI is InChI=1S/C24H22N6O/c1-15(2)18-5-3-4-6-19(18)22-27-13-20-23(29-22)30(24(31)28-20)14-16-7-9-17(10-8-16)21-25-11-12-26-21/h3-13,15H,14H2,1-2H3,(H,25,26)(H,28,31). The van der Waals surface area contributed by atoms with Crippen molar-refractivity contribution in [3.05, 3.63) is 88.7 Å². The van der Waals surface area contributed by atoms with Gasteiger partial charge in [0, 0.05) is 23.5 Å². The van der Waals surface area contributed by atoms with Crippen LogP contribution in [0.15, 0.2) is 71.9 Å². The van der Waals surface area contributed by atoms with E-state index in [1.807, 2.05) is 42.5 Å². The summed E-state index contributed by atoms with van der Waals surface area (Å²) in [5.74, 6) is 1.78. The number of H-pyrrole nitrogens is 2. The summed E-state index contributed by atoms with van der Waals surface area (Å²) >= 11 is 0. The number of hydrogen-bond donors (Lipinski definition) is 2. The molecule has 0 fully saturated rings. The first-order chi connectivity index (χ1) is 15.1. The van der Waals surface area contributed by atoms with E-state index in [2.05, 4.69) is 39.8 Å². The lowest BCUT2D eigenvalue weighted by Crippen LogP contribution is -2.17. The zero-order valence-corrected chi connectivity index (χ0v) is 17.3. The molecule has 0 unspecified atom stereocenters. The van der Waals surface area contributed by atoms with E-state index in [4.69, 9.17) is 4.98 Å².